The number of nitrogens with zero attached hydrogens (tertiary/aromatic N) is 1. The fourth-order valence-electron chi connectivity index (χ4n) is 2.32. The van der Waals surface area contributed by atoms with Crippen molar-refractivity contribution >= 4 is 5.69 Å². The molecule has 0 spiro atoms. The fraction of sp³-hybridized carbons (Fsp3) is 0.625. The smallest absolute Gasteiger partial charge is 0.0368 e. The van der Waals surface area contributed by atoms with Gasteiger partial charge in [-0.05, 0) is 50.8 Å². The summed E-state index contributed by atoms with van der Waals surface area (Å²) < 4.78 is 0. The van der Waals surface area contributed by atoms with Crippen LogP contribution in [0.4, 0.5) is 5.69 Å². The molecule has 0 aromatic heterocycles. The molecule has 1 aliphatic rings. The van der Waals surface area contributed by atoms with E-state index in [4.69, 9.17) is 0 Å². The molecule has 0 bridgehead atoms. The Hall–Kier alpha value is -1.02. The summed E-state index contributed by atoms with van der Waals surface area (Å²) in [6, 6.07) is 10.5. The summed E-state index contributed by atoms with van der Waals surface area (Å²) in [5.41, 5.74) is 2.74. The van der Waals surface area contributed by atoms with E-state index in [9.17, 15) is 0 Å². The Morgan fingerprint density at radius 3 is 2.39 bits per heavy atom. The molecule has 1 atom stereocenters. The Labute approximate surface area is 111 Å². The first-order valence-corrected chi connectivity index (χ1v) is 7.33. The third kappa shape index (κ3) is 3.49. The molecule has 1 aliphatic carbocycles. The van der Waals surface area contributed by atoms with E-state index >= 15 is 0 Å². The summed E-state index contributed by atoms with van der Waals surface area (Å²) >= 11 is 0. The average Bonchev–Trinajstić information content (AvgIpc) is 3.22. The Morgan fingerprint density at radius 2 is 1.89 bits per heavy atom. The van der Waals surface area contributed by atoms with Crippen molar-refractivity contribution in [1.82, 2.24) is 5.32 Å². The third-order valence-electron chi connectivity index (χ3n) is 3.90. The molecule has 2 nitrogen and oxygen atoms in total. The normalized spacial score (nSPS) is 16.6. The summed E-state index contributed by atoms with van der Waals surface area (Å²) in [5, 5.41) is 3.56. The van der Waals surface area contributed by atoms with Crippen LogP contribution in [-0.2, 0) is 6.54 Å². The van der Waals surface area contributed by atoms with Crippen LogP contribution in [0, 0.1) is 0 Å². The first-order chi connectivity index (χ1) is 8.74. The van der Waals surface area contributed by atoms with E-state index in [0.717, 1.165) is 19.1 Å². The van der Waals surface area contributed by atoms with Gasteiger partial charge in [-0.2, -0.15) is 0 Å². The van der Waals surface area contributed by atoms with Crippen LogP contribution >= 0.6 is 0 Å². The lowest BCUT2D eigenvalue weighted by Gasteiger charge is -2.29. The molecule has 2 rings (SSSR count). The van der Waals surface area contributed by atoms with E-state index in [0.29, 0.717) is 6.04 Å². The highest BCUT2D eigenvalue weighted by Crippen LogP contribution is 2.21. The Kier molecular flexibility index (Phi) is 4.65. The standard InChI is InChI=1S/C16H26N2/c1-4-13(3)18(5-2)16-10-6-14(7-11-16)12-17-15-8-9-15/h6-7,10-11,13,15,17H,4-5,8-9,12H2,1-3H3. The van der Waals surface area contributed by atoms with Gasteiger partial charge in [-0.15, -0.1) is 0 Å². The zero-order valence-electron chi connectivity index (χ0n) is 11.9. The summed E-state index contributed by atoms with van der Waals surface area (Å²) in [6.07, 6.45) is 3.91. The van der Waals surface area contributed by atoms with Crippen molar-refractivity contribution in [2.75, 3.05) is 11.4 Å². The van der Waals surface area contributed by atoms with Crippen LogP contribution < -0.4 is 10.2 Å². The van der Waals surface area contributed by atoms with Gasteiger partial charge in [0.15, 0.2) is 0 Å². The van der Waals surface area contributed by atoms with E-state index < -0.39 is 0 Å². The predicted molar refractivity (Wildman–Crippen MR) is 79.1 cm³/mol. The van der Waals surface area contributed by atoms with Crippen molar-refractivity contribution in [1.29, 1.82) is 0 Å². The van der Waals surface area contributed by atoms with Gasteiger partial charge in [-0.1, -0.05) is 19.1 Å². The second-order valence-corrected chi connectivity index (χ2v) is 5.36. The van der Waals surface area contributed by atoms with Gasteiger partial charge in [-0.3, -0.25) is 0 Å². The lowest BCUT2D eigenvalue weighted by molar-refractivity contribution is 0.629. The molecule has 0 saturated heterocycles. The molecule has 2 heteroatoms. The number of hydrogen-bond donors (Lipinski definition) is 1. The molecular formula is C16H26N2. The highest BCUT2D eigenvalue weighted by molar-refractivity contribution is 5.48. The first kappa shape index (κ1) is 13.4. The molecule has 1 unspecified atom stereocenters. The zero-order chi connectivity index (χ0) is 13.0. The van der Waals surface area contributed by atoms with Crippen molar-refractivity contribution in [3.05, 3.63) is 29.8 Å². The van der Waals surface area contributed by atoms with Crippen molar-refractivity contribution in [3.8, 4) is 0 Å². The molecule has 1 N–H and O–H groups in total. The lowest BCUT2D eigenvalue weighted by Crippen LogP contribution is -2.32. The maximum absolute atomic E-state index is 3.56. The van der Waals surface area contributed by atoms with Gasteiger partial charge in [-0.25, -0.2) is 0 Å². The van der Waals surface area contributed by atoms with Crippen LogP contribution in [0.2, 0.25) is 0 Å². The Bertz CT molecular complexity index is 354. The van der Waals surface area contributed by atoms with Crippen molar-refractivity contribution in [3.63, 3.8) is 0 Å². The number of benzene rings is 1. The Balaban J connectivity index is 1.95. The van der Waals surface area contributed by atoms with Crippen LogP contribution in [0.3, 0.4) is 0 Å². The topological polar surface area (TPSA) is 15.3 Å². The number of hydrogen-bond acceptors (Lipinski definition) is 2. The first-order valence-electron chi connectivity index (χ1n) is 7.33. The van der Waals surface area contributed by atoms with Gasteiger partial charge in [0.05, 0.1) is 0 Å². The van der Waals surface area contributed by atoms with Gasteiger partial charge < -0.3 is 10.2 Å². The minimum atomic E-state index is 0.616. The van der Waals surface area contributed by atoms with Gasteiger partial charge >= 0.3 is 0 Å². The molecule has 1 aromatic rings. The monoisotopic (exact) mass is 246 g/mol. The number of rotatable bonds is 7. The highest BCUT2D eigenvalue weighted by atomic mass is 15.1. The van der Waals surface area contributed by atoms with Gasteiger partial charge in [0.25, 0.3) is 0 Å². The van der Waals surface area contributed by atoms with Crippen LogP contribution in [0.5, 0.6) is 0 Å². The Morgan fingerprint density at radius 1 is 1.22 bits per heavy atom. The molecule has 1 saturated carbocycles. The van der Waals surface area contributed by atoms with Crippen LogP contribution in [0.25, 0.3) is 0 Å². The zero-order valence-corrected chi connectivity index (χ0v) is 11.9. The molecule has 0 amide bonds. The summed E-state index contributed by atoms with van der Waals surface area (Å²) in [5.74, 6) is 0. The van der Waals surface area contributed by atoms with E-state index in [2.05, 4.69) is 55.3 Å². The number of anilines is 1. The second-order valence-electron chi connectivity index (χ2n) is 5.36. The quantitative estimate of drug-likeness (QED) is 0.791. The van der Waals surface area contributed by atoms with Gasteiger partial charge in [0, 0.05) is 30.9 Å². The second kappa shape index (κ2) is 6.24. The minimum absolute atomic E-state index is 0.616. The van der Waals surface area contributed by atoms with Crippen LogP contribution in [0.15, 0.2) is 24.3 Å². The molecule has 0 aliphatic heterocycles. The third-order valence-corrected chi connectivity index (χ3v) is 3.90. The molecule has 18 heavy (non-hydrogen) atoms. The maximum atomic E-state index is 3.56. The van der Waals surface area contributed by atoms with E-state index in [1.165, 1.54) is 30.5 Å². The van der Waals surface area contributed by atoms with Crippen molar-refractivity contribution < 1.29 is 0 Å². The molecule has 100 valence electrons. The van der Waals surface area contributed by atoms with Crippen LogP contribution in [-0.4, -0.2) is 18.6 Å². The maximum Gasteiger partial charge on any atom is 0.0368 e. The fourth-order valence-corrected chi connectivity index (χ4v) is 2.32. The van der Waals surface area contributed by atoms with E-state index in [-0.39, 0.29) is 0 Å². The highest BCUT2D eigenvalue weighted by Gasteiger charge is 2.19. The van der Waals surface area contributed by atoms with Crippen molar-refractivity contribution in [2.45, 2.75) is 58.7 Å². The number of nitrogens with one attached hydrogen (secondary N) is 1. The van der Waals surface area contributed by atoms with E-state index in [1.54, 1.807) is 0 Å². The lowest BCUT2D eigenvalue weighted by atomic mass is 10.1. The minimum Gasteiger partial charge on any atom is -0.369 e. The molecule has 1 fully saturated rings. The van der Waals surface area contributed by atoms with Crippen molar-refractivity contribution in [2.24, 2.45) is 0 Å². The average molecular weight is 246 g/mol. The van der Waals surface area contributed by atoms with E-state index in [1.807, 2.05) is 0 Å². The summed E-state index contributed by atoms with van der Waals surface area (Å²) in [7, 11) is 0. The largest absolute Gasteiger partial charge is 0.369 e. The van der Waals surface area contributed by atoms with Gasteiger partial charge in [0.1, 0.15) is 0 Å². The summed E-state index contributed by atoms with van der Waals surface area (Å²) in [6.45, 7) is 8.87. The summed E-state index contributed by atoms with van der Waals surface area (Å²) in [4.78, 5) is 2.47. The SMILES string of the molecule is CCC(C)N(CC)c1ccc(CNC2CC2)cc1. The van der Waals surface area contributed by atoms with Crippen LogP contribution in [0.1, 0.15) is 45.6 Å². The molecular weight excluding hydrogens is 220 g/mol. The van der Waals surface area contributed by atoms with Gasteiger partial charge in [0.2, 0.25) is 0 Å². The molecule has 1 aromatic carbocycles. The predicted octanol–water partition coefficient (Wildman–Crippen LogP) is 3.56. The molecule has 0 radical (unpaired) electrons. The molecule has 0 heterocycles.